The molecule has 0 aromatic carbocycles. The first-order valence-corrected chi connectivity index (χ1v) is 3.50. The molecule has 11 heavy (non-hydrogen) atoms. The zero-order valence-electron chi connectivity index (χ0n) is 6.04. The first-order valence-electron chi connectivity index (χ1n) is 3.12. The molecule has 0 saturated heterocycles. The highest BCUT2D eigenvalue weighted by molar-refractivity contribution is 6.29. The van der Waals surface area contributed by atoms with E-state index in [2.05, 4.69) is 0 Å². The number of aromatic nitrogens is 1. The number of carboxylic acid groups (broad SMARTS) is 1. The van der Waals surface area contributed by atoms with Crippen molar-refractivity contribution in [2.75, 3.05) is 0 Å². The van der Waals surface area contributed by atoms with E-state index in [-0.39, 0.29) is 6.42 Å². The topological polar surface area (TPSA) is 42.2 Å². The summed E-state index contributed by atoms with van der Waals surface area (Å²) in [6, 6.07) is 1.65. The third kappa shape index (κ3) is 1.98. The van der Waals surface area contributed by atoms with Gasteiger partial charge < -0.3 is 9.67 Å². The molecule has 0 fully saturated rings. The monoisotopic (exact) mass is 173 g/mol. The van der Waals surface area contributed by atoms with Gasteiger partial charge in [0, 0.05) is 13.2 Å². The summed E-state index contributed by atoms with van der Waals surface area (Å²) in [5.41, 5.74) is 0.727. The molecule has 0 spiro atoms. The van der Waals surface area contributed by atoms with E-state index >= 15 is 0 Å². The number of rotatable bonds is 2. The number of carbonyl (C=O) groups is 1. The second-order valence-electron chi connectivity index (χ2n) is 2.35. The van der Waals surface area contributed by atoms with Crippen LogP contribution in [-0.4, -0.2) is 15.6 Å². The lowest BCUT2D eigenvalue weighted by Crippen LogP contribution is -1.98. The third-order valence-electron chi connectivity index (χ3n) is 1.36. The van der Waals surface area contributed by atoms with Crippen molar-refractivity contribution < 1.29 is 9.90 Å². The van der Waals surface area contributed by atoms with Gasteiger partial charge in [0.25, 0.3) is 0 Å². The quantitative estimate of drug-likeness (QED) is 0.733. The molecule has 3 nitrogen and oxygen atoms in total. The minimum absolute atomic E-state index is 0.0283. The number of hydrogen-bond donors (Lipinski definition) is 1. The van der Waals surface area contributed by atoms with Crippen LogP contribution in [0.5, 0.6) is 0 Å². The molecule has 0 atom stereocenters. The number of halogens is 1. The van der Waals surface area contributed by atoms with Gasteiger partial charge in [-0.25, -0.2) is 0 Å². The lowest BCUT2D eigenvalue weighted by atomic mass is 10.2. The van der Waals surface area contributed by atoms with Gasteiger partial charge in [0.2, 0.25) is 0 Å². The van der Waals surface area contributed by atoms with Gasteiger partial charge in [-0.2, -0.15) is 0 Å². The Labute approximate surface area is 69.2 Å². The number of carboxylic acids is 1. The molecule has 0 saturated carbocycles. The normalized spacial score (nSPS) is 10.0. The fourth-order valence-corrected chi connectivity index (χ4v) is 1.06. The number of nitrogens with zero attached hydrogens (tertiary/aromatic N) is 1. The fraction of sp³-hybridized carbons (Fsp3) is 0.286. The van der Waals surface area contributed by atoms with Crippen LogP contribution >= 0.6 is 11.6 Å². The molecule has 0 bridgehead atoms. The maximum atomic E-state index is 10.2. The summed E-state index contributed by atoms with van der Waals surface area (Å²) >= 11 is 5.68. The van der Waals surface area contributed by atoms with Gasteiger partial charge in [0.15, 0.2) is 0 Å². The van der Waals surface area contributed by atoms with Crippen LogP contribution in [-0.2, 0) is 18.3 Å². The maximum Gasteiger partial charge on any atom is 0.307 e. The molecule has 1 aromatic rings. The van der Waals surface area contributed by atoms with Crippen LogP contribution in [0, 0.1) is 0 Å². The highest BCUT2D eigenvalue weighted by Crippen LogP contribution is 2.12. The van der Waals surface area contributed by atoms with Gasteiger partial charge in [0.05, 0.1) is 6.42 Å². The van der Waals surface area contributed by atoms with E-state index in [1.54, 1.807) is 23.9 Å². The standard InChI is InChI=1S/C7H8ClNO2/c1-9-4-5(2-6(9)8)3-7(10)11/h2,4H,3H2,1H3,(H,10,11). The summed E-state index contributed by atoms with van der Waals surface area (Å²) in [4.78, 5) is 10.2. The minimum Gasteiger partial charge on any atom is -0.481 e. The molecular weight excluding hydrogens is 166 g/mol. The maximum absolute atomic E-state index is 10.2. The molecular formula is C7H8ClNO2. The van der Waals surface area contributed by atoms with Crippen LogP contribution in [0.4, 0.5) is 0 Å². The van der Waals surface area contributed by atoms with E-state index in [1.807, 2.05) is 0 Å². The number of aryl methyl sites for hydroxylation is 1. The van der Waals surface area contributed by atoms with Crippen LogP contribution in [0.3, 0.4) is 0 Å². The van der Waals surface area contributed by atoms with Crippen LogP contribution in [0.1, 0.15) is 5.56 Å². The summed E-state index contributed by atoms with van der Waals surface area (Å²) in [6.07, 6.45) is 1.73. The summed E-state index contributed by atoms with van der Waals surface area (Å²) in [6.45, 7) is 0. The number of hydrogen-bond acceptors (Lipinski definition) is 1. The molecule has 1 aromatic heterocycles. The van der Waals surface area contributed by atoms with Crippen molar-refractivity contribution in [1.29, 1.82) is 0 Å². The van der Waals surface area contributed by atoms with E-state index < -0.39 is 5.97 Å². The SMILES string of the molecule is Cn1cc(CC(=O)O)cc1Cl. The van der Waals surface area contributed by atoms with Gasteiger partial charge in [-0.1, -0.05) is 11.6 Å². The Morgan fingerprint density at radius 3 is 2.82 bits per heavy atom. The van der Waals surface area contributed by atoms with Crippen molar-refractivity contribution in [1.82, 2.24) is 4.57 Å². The molecule has 4 heteroatoms. The molecule has 0 unspecified atom stereocenters. The van der Waals surface area contributed by atoms with Crippen LogP contribution in [0.15, 0.2) is 12.3 Å². The zero-order valence-corrected chi connectivity index (χ0v) is 6.80. The van der Waals surface area contributed by atoms with Crippen molar-refractivity contribution in [2.45, 2.75) is 6.42 Å². The highest BCUT2D eigenvalue weighted by Gasteiger charge is 2.03. The fourth-order valence-electron chi connectivity index (χ4n) is 0.874. The third-order valence-corrected chi connectivity index (χ3v) is 1.73. The first-order chi connectivity index (χ1) is 5.09. The van der Waals surface area contributed by atoms with Crippen molar-refractivity contribution in [2.24, 2.45) is 7.05 Å². The van der Waals surface area contributed by atoms with Crippen molar-refractivity contribution >= 4 is 17.6 Å². The second kappa shape index (κ2) is 2.96. The Kier molecular flexibility index (Phi) is 2.19. The van der Waals surface area contributed by atoms with E-state index in [1.165, 1.54) is 0 Å². The van der Waals surface area contributed by atoms with Crippen molar-refractivity contribution in [3.8, 4) is 0 Å². The Bertz CT molecular complexity index is 260. The summed E-state index contributed by atoms with van der Waals surface area (Å²) in [5, 5.41) is 8.97. The molecule has 0 amide bonds. The second-order valence-corrected chi connectivity index (χ2v) is 2.74. The molecule has 0 aliphatic heterocycles. The molecule has 1 heterocycles. The molecule has 60 valence electrons. The predicted octanol–water partition coefficient (Wildman–Crippen LogP) is 1.31. The zero-order chi connectivity index (χ0) is 8.43. The lowest BCUT2D eigenvalue weighted by molar-refractivity contribution is -0.136. The van der Waals surface area contributed by atoms with E-state index in [9.17, 15) is 4.79 Å². The minimum atomic E-state index is -0.840. The van der Waals surface area contributed by atoms with Gasteiger partial charge in [-0.05, 0) is 11.6 Å². The van der Waals surface area contributed by atoms with Crippen molar-refractivity contribution in [3.05, 3.63) is 23.0 Å². The predicted molar refractivity (Wildman–Crippen MR) is 41.8 cm³/mol. The summed E-state index contributed by atoms with van der Waals surface area (Å²) in [7, 11) is 1.77. The molecule has 1 rings (SSSR count). The first kappa shape index (κ1) is 8.14. The Morgan fingerprint density at radius 1 is 1.82 bits per heavy atom. The lowest BCUT2D eigenvalue weighted by Gasteiger charge is -1.88. The highest BCUT2D eigenvalue weighted by atomic mass is 35.5. The van der Waals surface area contributed by atoms with E-state index in [0.717, 1.165) is 5.56 Å². The van der Waals surface area contributed by atoms with Gasteiger partial charge >= 0.3 is 5.97 Å². The van der Waals surface area contributed by atoms with Gasteiger partial charge in [-0.3, -0.25) is 4.79 Å². The Hall–Kier alpha value is -0.960. The Morgan fingerprint density at radius 2 is 2.45 bits per heavy atom. The summed E-state index contributed by atoms with van der Waals surface area (Å²) in [5.74, 6) is -0.840. The molecule has 0 aliphatic carbocycles. The summed E-state index contributed by atoms with van der Waals surface area (Å²) < 4.78 is 1.68. The average molecular weight is 174 g/mol. The van der Waals surface area contributed by atoms with E-state index in [0.29, 0.717) is 5.15 Å². The van der Waals surface area contributed by atoms with E-state index in [4.69, 9.17) is 16.7 Å². The average Bonchev–Trinajstić information content (AvgIpc) is 2.10. The largest absolute Gasteiger partial charge is 0.481 e. The van der Waals surface area contributed by atoms with Gasteiger partial charge in [0.1, 0.15) is 5.15 Å². The van der Waals surface area contributed by atoms with Gasteiger partial charge in [-0.15, -0.1) is 0 Å². The van der Waals surface area contributed by atoms with Crippen LogP contribution in [0.2, 0.25) is 5.15 Å². The molecule has 0 radical (unpaired) electrons. The van der Waals surface area contributed by atoms with Crippen LogP contribution < -0.4 is 0 Å². The Balaban J connectivity index is 2.81. The smallest absolute Gasteiger partial charge is 0.307 e. The number of aliphatic carboxylic acids is 1. The molecule has 0 aliphatic rings. The van der Waals surface area contributed by atoms with Crippen LogP contribution in [0.25, 0.3) is 0 Å². The van der Waals surface area contributed by atoms with Crippen molar-refractivity contribution in [3.63, 3.8) is 0 Å². The molecule has 1 N–H and O–H groups in total.